The average Bonchev–Trinajstić information content (AvgIpc) is 3.23. The number of carbonyl (C=O) groups excluding carboxylic acids is 3. The zero-order valence-corrected chi connectivity index (χ0v) is 41.3. The lowest BCUT2D eigenvalue weighted by Crippen LogP contribution is -2.55. The lowest BCUT2D eigenvalue weighted by molar-refractivity contribution is -0.889. The van der Waals surface area contributed by atoms with Crippen molar-refractivity contribution in [3.05, 3.63) is 36.5 Å². The molecule has 0 saturated heterocycles. The van der Waals surface area contributed by atoms with Crippen molar-refractivity contribution in [1.29, 1.82) is 0 Å². The molecule has 0 aliphatic carbocycles. The summed E-state index contributed by atoms with van der Waals surface area (Å²) in [7, 11) is 5.41. The first-order chi connectivity index (χ1) is 30.1. The zero-order chi connectivity index (χ0) is 45.6. The summed E-state index contributed by atoms with van der Waals surface area (Å²) in [5, 5.41) is 11.7. The maximum absolute atomic E-state index is 12.8. The molecule has 8 nitrogen and oxygen atoms in total. The average molecular weight is 874 g/mol. The molecule has 62 heavy (non-hydrogen) atoms. The summed E-state index contributed by atoms with van der Waals surface area (Å²) in [6.45, 7) is 4.66. The Morgan fingerprint density at radius 1 is 0.484 bits per heavy atom. The van der Waals surface area contributed by atoms with Crippen molar-refractivity contribution in [3.63, 3.8) is 0 Å². The van der Waals surface area contributed by atoms with Gasteiger partial charge in [0.05, 0.1) is 40.3 Å². The number of rotatable bonds is 47. The molecule has 0 spiro atoms. The van der Waals surface area contributed by atoms with E-state index in [-0.39, 0.29) is 42.7 Å². The maximum atomic E-state index is 12.8. The van der Waals surface area contributed by atoms with E-state index in [9.17, 15) is 19.5 Å². The third kappa shape index (κ3) is 42.8. The van der Waals surface area contributed by atoms with Gasteiger partial charge in [0.15, 0.2) is 6.10 Å². The van der Waals surface area contributed by atoms with Crippen LogP contribution in [0.2, 0.25) is 0 Å². The molecule has 0 fully saturated rings. The van der Waals surface area contributed by atoms with E-state index in [0.717, 1.165) is 64.2 Å². The van der Waals surface area contributed by atoms with Crippen LogP contribution in [0.3, 0.4) is 0 Å². The van der Waals surface area contributed by atoms with Gasteiger partial charge in [0, 0.05) is 19.3 Å². The molecule has 0 aromatic rings. The first-order valence-corrected chi connectivity index (χ1v) is 26.0. The summed E-state index contributed by atoms with van der Waals surface area (Å²) < 4.78 is 17.2. The van der Waals surface area contributed by atoms with E-state index in [0.29, 0.717) is 12.8 Å². The van der Waals surface area contributed by atoms with Crippen LogP contribution in [0.25, 0.3) is 0 Å². The fourth-order valence-electron chi connectivity index (χ4n) is 7.78. The van der Waals surface area contributed by atoms with Crippen LogP contribution >= 0.6 is 0 Å². The van der Waals surface area contributed by atoms with Crippen LogP contribution in [0.15, 0.2) is 36.5 Å². The van der Waals surface area contributed by atoms with E-state index in [4.69, 9.17) is 14.2 Å². The maximum Gasteiger partial charge on any atom is 0.306 e. The molecule has 0 bridgehead atoms. The number of unbranched alkanes of at least 4 members (excludes halogenated alkanes) is 29. The molecule has 8 heteroatoms. The number of carbonyl (C=O) groups is 3. The van der Waals surface area contributed by atoms with Crippen molar-refractivity contribution in [3.8, 4) is 0 Å². The molecule has 0 aromatic carbocycles. The highest BCUT2D eigenvalue weighted by molar-refractivity contribution is 5.70. The smallest absolute Gasteiger partial charge is 0.306 e. The van der Waals surface area contributed by atoms with Crippen LogP contribution in [0, 0.1) is 0 Å². The highest BCUT2D eigenvalue weighted by atomic mass is 16.6. The second kappa shape index (κ2) is 45.1. The van der Waals surface area contributed by atoms with Crippen LogP contribution in [0.4, 0.5) is 0 Å². The number of ether oxygens (including phenoxy) is 3. The van der Waals surface area contributed by atoms with Gasteiger partial charge in [-0.05, 0) is 38.5 Å². The number of nitrogens with zero attached hydrogens (tertiary/aromatic N) is 1. The van der Waals surface area contributed by atoms with Gasteiger partial charge in [-0.2, -0.15) is 0 Å². The minimum absolute atomic E-state index is 0.0351. The van der Waals surface area contributed by atoms with E-state index in [1.807, 2.05) is 0 Å². The van der Waals surface area contributed by atoms with Crippen LogP contribution in [0.5, 0.6) is 0 Å². The van der Waals surface area contributed by atoms with Gasteiger partial charge in [0.25, 0.3) is 0 Å². The largest absolute Gasteiger partial charge is 0.544 e. The van der Waals surface area contributed by atoms with Crippen molar-refractivity contribution in [2.45, 2.75) is 251 Å². The minimum Gasteiger partial charge on any atom is -0.544 e. The van der Waals surface area contributed by atoms with Crippen LogP contribution < -0.4 is 5.11 Å². The molecule has 2 atom stereocenters. The summed E-state index contributed by atoms with van der Waals surface area (Å²) >= 11 is 0. The Bertz CT molecular complexity index is 1110. The molecule has 0 saturated carbocycles. The van der Waals surface area contributed by atoms with E-state index < -0.39 is 18.1 Å². The molecule has 0 amide bonds. The van der Waals surface area contributed by atoms with Gasteiger partial charge in [-0.1, -0.05) is 217 Å². The van der Waals surface area contributed by atoms with E-state index in [1.165, 1.54) is 141 Å². The van der Waals surface area contributed by atoms with Crippen molar-refractivity contribution in [2.24, 2.45) is 0 Å². The normalized spacial score (nSPS) is 13.1. The number of hydrogen-bond acceptors (Lipinski definition) is 7. The van der Waals surface area contributed by atoms with Crippen LogP contribution in [0.1, 0.15) is 239 Å². The summed E-state index contributed by atoms with van der Waals surface area (Å²) in [6.07, 6.45) is 53.1. The predicted molar refractivity (Wildman–Crippen MR) is 259 cm³/mol. The summed E-state index contributed by atoms with van der Waals surface area (Å²) in [5.41, 5.74) is 0. The second-order valence-corrected chi connectivity index (χ2v) is 18.8. The first kappa shape index (κ1) is 59.5. The standard InChI is InChI=1S/C54H99NO7/c1-6-8-10-12-14-16-18-20-22-24-26-27-29-30-32-34-36-38-40-42-44-52(56)61-49-50(48-60-47-46-51(54(58)59)55(3,4)5)62-53(57)45-43-41-39-37-35-33-31-28-25-23-21-19-17-15-13-11-9-7-2/h19,21,23,25,28,31,50-51H,6-18,20,22,24,26-27,29-30,32-49H2,1-5H3/b21-19+,25-23+,31-28+. The van der Waals surface area contributed by atoms with Gasteiger partial charge in [-0.25, -0.2) is 0 Å². The predicted octanol–water partition coefficient (Wildman–Crippen LogP) is 13.6. The molecule has 0 aliphatic heterocycles. The number of carboxylic acids is 1. The molecular formula is C54H99NO7. The highest BCUT2D eigenvalue weighted by Gasteiger charge is 2.25. The Kier molecular flexibility index (Phi) is 43.3. The quantitative estimate of drug-likeness (QED) is 0.0260. The Morgan fingerprint density at radius 2 is 0.855 bits per heavy atom. The van der Waals surface area contributed by atoms with Crippen molar-refractivity contribution in [2.75, 3.05) is 41.0 Å². The van der Waals surface area contributed by atoms with Crippen LogP contribution in [-0.2, 0) is 28.6 Å². The Morgan fingerprint density at radius 3 is 1.24 bits per heavy atom. The van der Waals surface area contributed by atoms with E-state index in [1.54, 1.807) is 21.1 Å². The van der Waals surface area contributed by atoms with Gasteiger partial charge >= 0.3 is 11.9 Å². The minimum atomic E-state index is -1.13. The van der Waals surface area contributed by atoms with Gasteiger partial charge in [-0.3, -0.25) is 9.59 Å². The van der Waals surface area contributed by atoms with Gasteiger partial charge in [0.2, 0.25) is 0 Å². The number of allylic oxidation sites excluding steroid dienone is 6. The van der Waals surface area contributed by atoms with Crippen molar-refractivity contribution in [1.82, 2.24) is 0 Å². The number of likely N-dealkylation sites (N-methyl/N-ethyl adjacent to an activating group) is 1. The summed E-state index contributed by atoms with van der Waals surface area (Å²) in [5.74, 6) is -1.75. The number of esters is 2. The summed E-state index contributed by atoms with van der Waals surface area (Å²) in [6, 6.07) is -0.729. The van der Waals surface area contributed by atoms with Gasteiger partial charge < -0.3 is 28.6 Å². The van der Waals surface area contributed by atoms with E-state index in [2.05, 4.69) is 50.3 Å². The van der Waals surface area contributed by atoms with Crippen molar-refractivity contribution >= 4 is 17.9 Å². The number of quaternary nitrogens is 1. The molecule has 362 valence electrons. The van der Waals surface area contributed by atoms with Crippen molar-refractivity contribution < 1.29 is 38.2 Å². The highest BCUT2D eigenvalue weighted by Crippen LogP contribution is 2.16. The summed E-state index contributed by atoms with van der Waals surface area (Å²) in [4.78, 5) is 37.0. The lowest BCUT2D eigenvalue weighted by Gasteiger charge is -2.34. The zero-order valence-electron chi connectivity index (χ0n) is 41.3. The number of carboxylic acid groups (broad SMARTS) is 1. The monoisotopic (exact) mass is 874 g/mol. The SMILES string of the molecule is CCCCCCC/C=C/C=C/C=C/CCCCCCCC(=O)OC(COCCC(C(=O)[O-])[N+](C)(C)C)COC(=O)CCCCCCCCCCCCCCCCCCCCCC. The molecule has 0 rings (SSSR count). The third-order valence-corrected chi connectivity index (χ3v) is 11.8. The van der Waals surface area contributed by atoms with E-state index >= 15 is 0 Å². The molecule has 0 aliphatic rings. The van der Waals surface area contributed by atoms with Crippen LogP contribution in [-0.4, -0.2) is 75.5 Å². The number of hydrogen-bond donors (Lipinski definition) is 0. The molecule has 0 radical (unpaired) electrons. The Labute approximate surface area is 383 Å². The molecule has 0 N–H and O–H groups in total. The number of aliphatic carboxylic acids is 1. The molecule has 0 aromatic heterocycles. The molecular weight excluding hydrogens is 775 g/mol. The molecule has 0 heterocycles. The Hall–Kier alpha value is -2.45. The fourth-order valence-corrected chi connectivity index (χ4v) is 7.78. The fraction of sp³-hybridized carbons (Fsp3) is 0.833. The Balaban J connectivity index is 4.25. The van der Waals surface area contributed by atoms with Gasteiger partial charge in [0.1, 0.15) is 12.6 Å². The second-order valence-electron chi connectivity index (χ2n) is 18.8. The first-order valence-electron chi connectivity index (χ1n) is 26.0. The third-order valence-electron chi connectivity index (χ3n) is 11.8. The topological polar surface area (TPSA) is 102 Å². The van der Waals surface area contributed by atoms with Gasteiger partial charge in [-0.15, -0.1) is 0 Å². The lowest BCUT2D eigenvalue weighted by atomic mass is 10.0. The molecule has 2 unspecified atom stereocenters.